The van der Waals surface area contributed by atoms with E-state index in [0.717, 1.165) is 35.3 Å². The number of hydrogen-bond acceptors (Lipinski definition) is 4. The van der Waals surface area contributed by atoms with Gasteiger partial charge in [0, 0.05) is 12.1 Å². The summed E-state index contributed by atoms with van der Waals surface area (Å²) >= 11 is 0. The molecular weight excluding hydrogens is 414 g/mol. The maximum absolute atomic E-state index is 12.9. The minimum absolute atomic E-state index is 0.116. The predicted molar refractivity (Wildman–Crippen MR) is 128 cm³/mol. The Bertz CT molecular complexity index is 1250. The van der Waals surface area contributed by atoms with Gasteiger partial charge >= 0.3 is 5.97 Å². The zero-order chi connectivity index (χ0) is 23.2. The van der Waals surface area contributed by atoms with Gasteiger partial charge in [-0.15, -0.1) is 0 Å². The van der Waals surface area contributed by atoms with Crippen molar-refractivity contribution in [2.45, 2.75) is 32.4 Å². The van der Waals surface area contributed by atoms with Crippen LogP contribution in [-0.4, -0.2) is 28.5 Å². The van der Waals surface area contributed by atoms with Gasteiger partial charge in [0.05, 0.1) is 29.7 Å². The van der Waals surface area contributed by atoms with E-state index < -0.39 is 0 Å². The largest absolute Gasteiger partial charge is 0.465 e. The molecule has 4 aromatic rings. The van der Waals surface area contributed by atoms with Crippen molar-refractivity contribution in [3.8, 4) is 0 Å². The second-order valence-corrected chi connectivity index (χ2v) is 7.91. The zero-order valence-electron chi connectivity index (χ0n) is 18.8. The molecule has 1 aromatic heterocycles. The van der Waals surface area contributed by atoms with E-state index in [2.05, 4.69) is 16.8 Å². The summed E-state index contributed by atoms with van der Waals surface area (Å²) in [7, 11) is 1.37. The Hall–Kier alpha value is -3.93. The number of esters is 1. The van der Waals surface area contributed by atoms with Gasteiger partial charge in [-0.1, -0.05) is 55.8 Å². The van der Waals surface area contributed by atoms with E-state index in [9.17, 15) is 9.59 Å². The van der Waals surface area contributed by atoms with Crippen molar-refractivity contribution in [3.63, 3.8) is 0 Å². The summed E-state index contributed by atoms with van der Waals surface area (Å²) in [5.41, 5.74) is 4.04. The number of carbonyl (C=O) groups is 2. The lowest BCUT2D eigenvalue weighted by Crippen LogP contribution is -2.30. The van der Waals surface area contributed by atoms with Crippen LogP contribution >= 0.6 is 0 Å². The number of nitrogens with zero attached hydrogens (tertiary/aromatic N) is 2. The fraction of sp³-hybridized carbons (Fsp3) is 0.222. The molecular formula is C27H27N3O3. The number of methoxy groups -OCH3 is 1. The van der Waals surface area contributed by atoms with Crippen LogP contribution in [0.4, 0.5) is 0 Å². The first-order chi connectivity index (χ1) is 16.1. The van der Waals surface area contributed by atoms with Gasteiger partial charge < -0.3 is 14.6 Å². The second kappa shape index (κ2) is 10.1. The molecule has 1 amide bonds. The molecule has 33 heavy (non-hydrogen) atoms. The Morgan fingerprint density at radius 3 is 2.33 bits per heavy atom. The maximum Gasteiger partial charge on any atom is 0.337 e. The van der Waals surface area contributed by atoms with Crippen molar-refractivity contribution >= 4 is 22.9 Å². The van der Waals surface area contributed by atoms with Crippen molar-refractivity contribution < 1.29 is 14.3 Å². The number of amides is 1. The summed E-state index contributed by atoms with van der Waals surface area (Å²) in [5.74, 6) is 0.344. The summed E-state index contributed by atoms with van der Waals surface area (Å²) in [4.78, 5) is 29.6. The van der Waals surface area contributed by atoms with Crippen molar-refractivity contribution in [2.24, 2.45) is 0 Å². The Morgan fingerprint density at radius 1 is 0.939 bits per heavy atom. The molecule has 1 atom stereocenters. The van der Waals surface area contributed by atoms with Crippen LogP contribution in [0, 0.1) is 0 Å². The van der Waals surface area contributed by atoms with Crippen LogP contribution in [0.25, 0.3) is 11.0 Å². The molecule has 0 radical (unpaired) electrons. The molecule has 4 rings (SSSR count). The highest BCUT2D eigenvalue weighted by molar-refractivity contribution is 5.94. The fourth-order valence-corrected chi connectivity index (χ4v) is 3.96. The molecule has 0 saturated heterocycles. The van der Waals surface area contributed by atoms with Gasteiger partial charge in [-0.05, 0) is 48.4 Å². The minimum atomic E-state index is -0.359. The first-order valence-electron chi connectivity index (χ1n) is 11.1. The summed E-state index contributed by atoms with van der Waals surface area (Å²) in [6.07, 6.45) is 1.67. The van der Waals surface area contributed by atoms with E-state index in [4.69, 9.17) is 9.72 Å². The summed E-state index contributed by atoms with van der Waals surface area (Å²) in [5, 5.41) is 3.19. The summed E-state index contributed by atoms with van der Waals surface area (Å²) in [6, 6.07) is 24.3. The molecule has 1 N–H and O–H groups in total. The van der Waals surface area contributed by atoms with Crippen LogP contribution in [0.2, 0.25) is 0 Å². The maximum atomic E-state index is 12.9. The molecule has 0 aliphatic heterocycles. The van der Waals surface area contributed by atoms with Crippen LogP contribution in [0.3, 0.4) is 0 Å². The lowest BCUT2D eigenvalue weighted by molar-refractivity contribution is 0.0600. The molecule has 0 aliphatic carbocycles. The first kappa shape index (κ1) is 22.3. The SMILES string of the molecule is CCC[C@H](NC(=O)c1ccccc1)c1nc2ccccc2n1Cc1ccc(C(=O)OC)cc1. The molecule has 6 nitrogen and oxygen atoms in total. The van der Waals surface area contributed by atoms with E-state index in [1.165, 1.54) is 7.11 Å². The van der Waals surface area contributed by atoms with Gasteiger partial charge in [0.2, 0.25) is 0 Å². The predicted octanol–water partition coefficient (Wildman–Crippen LogP) is 5.14. The normalized spacial score (nSPS) is 11.8. The topological polar surface area (TPSA) is 73.2 Å². The number of carbonyl (C=O) groups excluding carboxylic acids is 2. The number of hydrogen-bond donors (Lipinski definition) is 1. The van der Waals surface area contributed by atoms with E-state index in [1.807, 2.05) is 66.7 Å². The van der Waals surface area contributed by atoms with Crippen LogP contribution in [0.5, 0.6) is 0 Å². The lowest BCUT2D eigenvalue weighted by Gasteiger charge is -2.20. The van der Waals surface area contributed by atoms with Crippen molar-refractivity contribution in [3.05, 3.63) is 101 Å². The van der Waals surface area contributed by atoms with Gasteiger partial charge in [0.25, 0.3) is 5.91 Å². The second-order valence-electron chi connectivity index (χ2n) is 7.91. The van der Waals surface area contributed by atoms with Crippen molar-refractivity contribution in [1.82, 2.24) is 14.9 Å². The van der Waals surface area contributed by atoms with Crippen molar-refractivity contribution in [1.29, 1.82) is 0 Å². The van der Waals surface area contributed by atoms with Crippen LogP contribution in [0.1, 0.15) is 57.9 Å². The molecule has 0 saturated carbocycles. The average molecular weight is 442 g/mol. The number of benzene rings is 3. The van der Waals surface area contributed by atoms with E-state index in [1.54, 1.807) is 12.1 Å². The highest BCUT2D eigenvalue weighted by Crippen LogP contribution is 2.25. The molecule has 6 heteroatoms. The van der Waals surface area contributed by atoms with E-state index in [0.29, 0.717) is 17.7 Å². The molecule has 0 spiro atoms. The van der Waals surface area contributed by atoms with Gasteiger partial charge in [0.15, 0.2) is 0 Å². The van der Waals surface area contributed by atoms with Gasteiger partial charge in [-0.2, -0.15) is 0 Å². The third-order valence-corrected chi connectivity index (χ3v) is 5.63. The third-order valence-electron chi connectivity index (χ3n) is 5.63. The number of para-hydroxylation sites is 2. The van der Waals surface area contributed by atoms with E-state index >= 15 is 0 Å². The number of imidazole rings is 1. The Kier molecular flexibility index (Phi) is 6.83. The monoisotopic (exact) mass is 441 g/mol. The Morgan fingerprint density at radius 2 is 1.64 bits per heavy atom. The number of rotatable bonds is 8. The molecule has 3 aromatic carbocycles. The summed E-state index contributed by atoms with van der Waals surface area (Å²) < 4.78 is 6.94. The first-order valence-corrected chi connectivity index (χ1v) is 11.1. The Labute approximate surface area is 193 Å². The van der Waals surface area contributed by atoms with Gasteiger partial charge in [0.1, 0.15) is 5.82 Å². The highest BCUT2D eigenvalue weighted by Gasteiger charge is 2.22. The zero-order valence-corrected chi connectivity index (χ0v) is 18.8. The molecule has 168 valence electrons. The molecule has 0 unspecified atom stereocenters. The number of aromatic nitrogens is 2. The van der Waals surface area contributed by atoms with E-state index in [-0.39, 0.29) is 17.9 Å². The Balaban J connectivity index is 1.69. The molecule has 1 heterocycles. The molecule has 0 aliphatic rings. The average Bonchev–Trinajstić information content (AvgIpc) is 3.22. The number of ether oxygens (including phenoxy) is 1. The van der Waals surface area contributed by atoms with Crippen molar-refractivity contribution in [2.75, 3.05) is 7.11 Å². The lowest BCUT2D eigenvalue weighted by atomic mass is 10.1. The van der Waals surface area contributed by atoms with Gasteiger partial charge in [-0.25, -0.2) is 9.78 Å². The summed E-state index contributed by atoms with van der Waals surface area (Å²) in [6.45, 7) is 2.67. The molecule has 0 bridgehead atoms. The number of fused-ring (bicyclic) bond motifs is 1. The van der Waals surface area contributed by atoms with Crippen LogP contribution < -0.4 is 5.32 Å². The van der Waals surface area contributed by atoms with Crippen LogP contribution in [0.15, 0.2) is 78.9 Å². The molecule has 0 fully saturated rings. The number of nitrogens with one attached hydrogen (secondary N) is 1. The quantitative estimate of drug-likeness (QED) is 0.384. The minimum Gasteiger partial charge on any atom is -0.465 e. The highest BCUT2D eigenvalue weighted by atomic mass is 16.5. The smallest absolute Gasteiger partial charge is 0.337 e. The third kappa shape index (κ3) is 4.95. The fourth-order valence-electron chi connectivity index (χ4n) is 3.96. The van der Waals surface area contributed by atoms with Gasteiger partial charge in [-0.3, -0.25) is 4.79 Å². The van der Waals surface area contributed by atoms with Crippen LogP contribution in [-0.2, 0) is 11.3 Å². The standard InChI is InChI=1S/C27H27N3O3/c1-3-9-23(29-26(31)20-10-5-4-6-11-20)25-28-22-12-7-8-13-24(22)30(25)18-19-14-16-21(17-15-19)27(32)33-2/h4-8,10-17,23H,3,9,18H2,1-2H3,(H,29,31)/t23-/m0/s1.